The van der Waals surface area contributed by atoms with Crippen molar-refractivity contribution in [3.05, 3.63) is 53.6 Å². The molecule has 13 heteroatoms. The number of aliphatic hydroxyl groups excluding tert-OH is 1. The van der Waals surface area contributed by atoms with Crippen LogP contribution in [0.3, 0.4) is 0 Å². The third-order valence-electron chi connectivity index (χ3n) is 6.62. The van der Waals surface area contributed by atoms with Gasteiger partial charge in [0.2, 0.25) is 0 Å². The molecule has 5 amide bonds. The first-order chi connectivity index (χ1) is 19.2. The van der Waals surface area contributed by atoms with Crippen LogP contribution in [-0.4, -0.2) is 77.8 Å². The number of likely N-dealkylation sites (N-methyl/N-ethyl adjacent to an activating group) is 1. The molecule has 41 heavy (non-hydrogen) atoms. The number of rotatable bonds is 7. The first-order valence-corrected chi connectivity index (χ1v) is 13.2. The number of ether oxygens (including phenoxy) is 1. The molecule has 0 fully saturated rings. The van der Waals surface area contributed by atoms with Crippen molar-refractivity contribution in [1.29, 1.82) is 0 Å². The van der Waals surface area contributed by atoms with E-state index < -0.39 is 35.9 Å². The van der Waals surface area contributed by atoms with Crippen LogP contribution in [0.15, 0.2) is 42.5 Å². The number of anilines is 2. The van der Waals surface area contributed by atoms with Crippen molar-refractivity contribution in [2.45, 2.75) is 52.1 Å². The molecule has 0 bridgehead atoms. The molecule has 0 saturated heterocycles. The zero-order valence-corrected chi connectivity index (χ0v) is 23.6. The van der Waals surface area contributed by atoms with E-state index in [0.29, 0.717) is 0 Å². The zero-order valence-electron chi connectivity index (χ0n) is 23.6. The first-order valence-electron chi connectivity index (χ1n) is 13.2. The molecule has 0 radical (unpaired) electrons. The molecule has 4 N–H and O–H groups in total. The van der Waals surface area contributed by atoms with Gasteiger partial charge in [-0.1, -0.05) is 13.0 Å². The Morgan fingerprint density at radius 1 is 1.12 bits per heavy atom. The molecule has 224 valence electrons. The fraction of sp³-hybridized carbons (Fsp3) is 0.464. The van der Waals surface area contributed by atoms with Crippen molar-refractivity contribution in [1.82, 2.24) is 15.1 Å². The second-order valence-electron chi connectivity index (χ2n) is 10.4. The van der Waals surface area contributed by atoms with Crippen molar-refractivity contribution in [3.8, 4) is 5.75 Å². The van der Waals surface area contributed by atoms with Gasteiger partial charge < -0.3 is 35.6 Å². The summed E-state index contributed by atoms with van der Waals surface area (Å²) in [6, 6.07) is 7.12. The minimum absolute atomic E-state index is 0.0368. The highest BCUT2D eigenvalue weighted by Gasteiger charge is 2.35. The molecule has 2 aromatic carbocycles. The number of nitrogens with one attached hydrogen (secondary N) is 3. The minimum Gasteiger partial charge on any atom is -0.485 e. The van der Waals surface area contributed by atoms with Crippen molar-refractivity contribution >= 4 is 29.3 Å². The second-order valence-corrected chi connectivity index (χ2v) is 10.4. The predicted octanol–water partition coefficient (Wildman–Crippen LogP) is 4.62. The highest BCUT2D eigenvalue weighted by molar-refractivity contribution is 6.01. The Morgan fingerprint density at radius 3 is 2.37 bits per heavy atom. The number of nitrogens with zero attached hydrogens (tertiary/aromatic N) is 2. The highest BCUT2D eigenvalue weighted by atomic mass is 19.4. The van der Waals surface area contributed by atoms with Crippen molar-refractivity contribution in [3.63, 3.8) is 0 Å². The van der Waals surface area contributed by atoms with Crippen LogP contribution >= 0.6 is 0 Å². The molecular formula is C28H36F3N5O5. The van der Waals surface area contributed by atoms with Crippen molar-refractivity contribution in [2.75, 3.05) is 37.4 Å². The van der Waals surface area contributed by atoms with E-state index in [2.05, 4.69) is 16.0 Å². The van der Waals surface area contributed by atoms with Crippen molar-refractivity contribution < 1.29 is 37.4 Å². The largest absolute Gasteiger partial charge is 0.485 e. The van der Waals surface area contributed by atoms with Gasteiger partial charge in [0.1, 0.15) is 6.10 Å². The Bertz CT molecular complexity index is 1240. The monoisotopic (exact) mass is 579 g/mol. The van der Waals surface area contributed by atoms with Gasteiger partial charge in [-0.25, -0.2) is 9.59 Å². The third-order valence-corrected chi connectivity index (χ3v) is 6.62. The molecule has 3 atom stereocenters. The van der Waals surface area contributed by atoms with Crippen LogP contribution in [0.25, 0.3) is 0 Å². The van der Waals surface area contributed by atoms with Gasteiger partial charge in [0, 0.05) is 31.2 Å². The smallest absolute Gasteiger partial charge is 0.416 e. The van der Waals surface area contributed by atoms with Crippen LogP contribution in [0.1, 0.15) is 43.6 Å². The van der Waals surface area contributed by atoms with E-state index in [4.69, 9.17) is 4.74 Å². The molecule has 0 aromatic heterocycles. The summed E-state index contributed by atoms with van der Waals surface area (Å²) in [6.45, 7) is 7.12. The highest BCUT2D eigenvalue weighted by Crippen LogP contribution is 2.35. The van der Waals surface area contributed by atoms with Gasteiger partial charge in [-0.3, -0.25) is 4.79 Å². The topological polar surface area (TPSA) is 123 Å². The van der Waals surface area contributed by atoms with E-state index in [9.17, 15) is 32.7 Å². The number of amides is 5. The molecule has 0 spiro atoms. The number of aliphatic hydroxyl groups is 1. The van der Waals surface area contributed by atoms with E-state index in [0.717, 1.165) is 12.1 Å². The minimum atomic E-state index is -4.49. The lowest BCUT2D eigenvalue weighted by Gasteiger charge is -2.38. The standard InChI is InChI=1S/C28H36F3N5O5/c1-16(2)32-26(39)34-22-8-6-7-21-24(22)41-23(17(3)13-36(25(21)38)18(4)15-37)14-35(5)27(40)33-20-11-9-19(10-12-20)28(29,30)31/h6-12,16-18,23,37H,13-15H2,1-5H3,(H,33,40)(H2,32,34,39)/t17-,18+,23+/m0/s1. The number of carbonyl (C=O) groups is 3. The number of carbonyl (C=O) groups excluding carboxylic acids is 3. The fourth-order valence-electron chi connectivity index (χ4n) is 4.29. The SMILES string of the molecule is CC(C)NC(=O)Nc1cccc2c1O[C@H](CN(C)C(=O)Nc1ccc(C(F)(F)F)cc1)[C@@H](C)CN([C@H](C)CO)C2=O. The molecule has 0 saturated carbocycles. The summed E-state index contributed by atoms with van der Waals surface area (Å²) in [7, 11) is 1.51. The molecule has 2 aromatic rings. The van der Waals surface area contributed by atoms with Crippen LogP contribution in [0.4, 0.5) is 34.1 Å². The second kappa shape index (κ2) is 13.1. The lowest BCUT2D eigenvalue weighted by molar-refractivity contribution is -0.137. The maximum atomic E-state index is 13.5. The van der Waals surface area contributed by atoms with Crippen LogP contribution in [-0.2, 0) is 6.18 Å². The number of fused-ring (bicyclic) bond motifs is 1. The average Bonchev–Trinajstić information content (AvgIpc) is 2.89. The Labute approximate surface area is 236 Å². The average molecular weight is 580 g/mol. The molecule has 1 aliphatic heterocycles. The van der Waals surface area contributed by atoms with Gasteiger partial charge in [0.05, 0.1) is 36.0 Å². The third kappa shape index (κ3) is 8.03. The number of para-hydroxylation sites is 1. The van der Waals surface area contributed by atoms with Crippen LogP contribution < -0.4 is 20.7 Å². The summed E-state index contributed by atoms with van der Waals surface area (Å²) in [4.78, 5) is 41.8. The Morgan fingerprint density at radius 2 is 1.78 bits per heavy atom. The van der Waals surface area contributed by atoms with Gasteiger partial charge in [-0.15, -0.1) is 0 Å². The summed E-state index contributed by atoms with van der Waals surface area (Å²) in [5.74, 6) is -0.590. The van der Waals surface area contributed by atoms with Crippen LogP contribution in [0, 0.1) is 5.92 Å². The summed E-state index contributed by atoms with van der Waals surface area (Å²) in [6.07, 6.45) is -5.16. The van der Waals surface area contributed by atoms with E-state index in [1.807, 2.05) is 6.92 Å². The number of hydrogen-bond acceptors (Lipinski definition) is 5. The first kappa shape index (κ1) is 31.5. The lowest BCUT2D eigenvalue weighted by Crippen LogP contribution is -2.50. The molecule has 1 aliphatic rings. The number of alkyl halides is 3. The fourth-order valence-corrected chi connectivity index (χ4v) is 4.29. The Balaban J connectivity index is 1.88. The Kier molecular flexibility index (Phi) is 10.1. The van der Waals surface area contributed by atoms with E-state index in [1.165, 1.54) is 29.0 Å². The summed E-state index contributed by atoms with van der Waals surface area (Å²) >= 11 is 0. The van der Waals surface area contributed by atoms with E-state index in [-0.39, 0.29) is 60.3 Å². The van der Waals surface area contributed by atoms with Crippen LogP contribution in [0.2, 0.25) is 0 Å². The number of halogens is 3. The van der Waals surface area contributed by atoms with E-state index >= 15 is 0 Å². The molecule has 0 unspecified atom stereocenters. The van der Waals surface area contributed by atoms with Gasteiger partial charge in [-0.2, -0.15) is 13.2 Å². The van der Waals surface area contributed by atoms with Crippen molar-refractivity contribution in [2.24, 2.45) is 5.92 Å². The quantitative estimate of drug-likeness (QED) is 0.381. The summed E-state index contributed by atoms with van der Waals surface area (Å²) in [5.41, 5.74) is -0.215. The zero-order chi connectivity index (χ0) is 30.5. The normalized spacial score (nSPS) is 18.0. The van der Waals surface area contributed by atoms with Gasteiger partial charge in [0.15, 0.2) is 5.75 Å². The van der Waals surface area contributed by atoms with Gasteiger partial charge in [0.25, 0.3) is 5.91 Å². The van der Waals surface area contributed by atoms with Crippen LogP contribution in [0.5, 0.6) is 5.75 Å². The number of benzene rings is 2. The predicted molar refractivity (Wildman–Crippen MR) is 148 cm³/mol. The molecule has 10 nitrogen and oxygen atoms in total. The van der Waals surface area contributed by atoms with Gasteiger partial charge in [-0.05, 0) is 57.2 Å². The molecule has 0 aliphatic carbocycles. The number of hydrogen-bond donors (Lipinski definition) is 4. The number of urea groups is 2. The Hall–Kier alpha value is -4.00. The molecule has 1 heterocycles. The lowest BCUT2D eigenvalue weighted by atomic mass is 9.99. The summed E-state index contributed by atoms with van der Waals surface area (Å²) < 4.78 is 45.0. The summed E-state index contributed by atoms with van der Waals surface area (Å²) in [5, 5.41) is 17.8. The molecule has 3 rings (SSSR count). The van der Waals surface area contributed by atoms with Gasteiger partial charge >= 0.3 is 18.2 Å². The maximum Gasteiger partial charge on any atom is 0.416 e. The molecular weight excluding hydrogens is 543 g/mol. The maximum absolute atomic E-state index is 13.5. The van der Waals surface area contributed by atoms with E-state index in [1.54, 1.807) is 39.0 Å².